The molecular formula is C20H15ClN4OS. The molecule has 0 radical (unpaired) electrons. The van der Waals surface area contributed by atoms with Crippen LogP contribution in [0.4, 0.5) is 11.5 Å². The molecule has 4 aromatic rings. The van der Waals surface area contributed by atoms with Gasteiger partial charge in [-0.05, 0) is 42.0 Å². The summed E-state index contributed by atoms with van der Waals surface area (Å²) in [7, 11) is 0. The lowest BCUT2D eigenvalue weighted by molar-refractivity contribution is 0.112. The van der Waals surface area contributed by atoms with Gasteiger partial charge < -0.3 is 11.1 Å². The molecule has 2 heterocycles. The van der Waals surface area contributed by atoms with Gasteiger partial charge in [0.15, 0.2) is 6.29 Å². The van der Waals surface area contributed by atoms with Crippen molar-refractivity contribution in [2.45, 2.75) is 6.54 Å². The van der Waals surface area contributed by atoms with Gasteiger partial charge in [0.05, 0.1) is 32.1 Å². The smallest absolute Gasteiger partial charge is 0.151 e. The Kier molecular flexibility index (Phi) is 4.75. The highest BCUT2D eigenvalue weighted by molar-refractivity contribution is 7.16. The zero-order chi connectivity index (χ0) is 18.8. The van der Waals surface area contributed by atoms with Crippen molar-refractivity contribution >= 4 is 50.9 Å². The predicted molar refractivity (Wildman–Crippen MR) is 111 cm³/mol. The summed E-state index contributed by atoms with van der Waals surface area (Å²) in [5, 5.41) is 3.69. The van der Waals surface area contributed by atoms with Crippen LogP contribution in [0.3, 0.4) is 0 Å². The highest BCUT2D eigenvalue weighted by atomic mass is 35.5. The van der Waals surface area contributed by atoms with Crippen molar-refractivity contribution < 1.29 is 4.79 Å². The number of hydrogen-bond acceptors (Lipinski definition) is 6. The first-order valence-corrected chi connectivity index (χ1v) is 9.47. The van der Waals surface area contributed by atoms with E-state index in [0.717, 1.165) is 33.3 Å². The third kappa shape index (κ3) is 3.63. The Hall–Kier alpha value is -2.96. The van der Waals surface area contributed by atoms with E-state index >= 15 is 0 Å². The molecular weight excluding hydrogens is 380 g/mol. The SMILES string of the molecule is Nc1ccc(-c2ccc(C=O)c(Cl)c2)nc1NCc1ccc2ncsc2c1. The Morgan fingerprint density at radius 3 is 2.85 bits per heavy atom. The molecule has 2 aromatic heterocycles. The monoisotopic (exact) mass is 394 g/mol. The van der Waals surface area contributed by atoms with Crippen LogP contribution in [0.1, 0.15) is 15.9 Å². The molecule has 0 aliphatic carbocycles. The van der Waals surface area contributed by atoms with Gasteiger partial charge >= 0.3 is 0 Å². The molecule has 0 saturated carbocycles. The summed E-state index contributed by atoms with van der Waals surface area (Å²) in [6, 6.07) is 15.0. The molecule has 0 fully saturated rings. The average Bonchev–Trinajstić information content (AvgIpc) is 3.15. The number of halogens is 1. The van der Waals surface area contributed by atoms with Crippen LogP contribution in [-0.4, -0.2) is 16.3 Å². The van der Waals surface area contributed by atoms with E-state index in [0.29, 0.717) is 28.6 Å². The molecule has 27 heavy (non-hydrogen) atoms. The van der Waals surface area contributed by atoms with E-state index in [1.807, 2.05) is 29.8 Å². The summed E-state index contributed by atoms with van der Waals surface area (Å²) in [6.07, 6.45) is 0.732. The minimum atomic E-state index is 0.397. The van der Waals surface area contributed by atoms with E-state index in [1.165, 1.54) is 0 Å². The van der Waals surface area contributed by atoms with Gasteiger partial charge in [0, 0.05) is 17.7 Å². The molecule has 0 amide bonds. The van der Waals surface area contributed by atoms with Gasteiger partial charge in [-0.2, -0.15) is 0 Å². The second-order valence-electron chi connectivity index (χ2n) is 6.00. The average molecular weight is 395 g/mol. The molecule has 0 aliphatic rings. The number of nitrogens with zero attached hydrogens (tertiary/aromatic N) is 2. The molecule has 5 nitrogen and oxygen atoms in total. The molecule has 0 saturated heterocycles. The third-order valence-electron chi connectivity index (χ3n) is 4.21. The number of aromatic nitrogens is 2. The summed E-state index contributed by atoms with van der Waals surface area (Å²) >= 11 is 7.74. The van der Waals surface area contributed by atoms with E-state index < -0.39 is 0 Å². The van der Waals surface area contributed by atoms with E-state index in [1.54, 1.807) is 29.5 Å². The second-order valence-corrected chi connectivity index (χ2v) is 7.29. The summed E-state index contributed by atoms with van der Waals surface area (Å²) in [5.74, 6) is 0.604. The van der Waals surface area contributed by atoms with Gasteiger partial charge in [0.1, 0.15) is 5.82 Å². The summed E-state index contributed by atoms with van der Waals surface area (Å²) in [6.45, 7) is 0.597. The fraction of sp³-hybridized carbons (Fsp3) is 0.0500. The second kappa shape index (κ2) is 7.34. The molecule has 0 unspecified atom stereocenters. The minimum absolute atomic E-state index is 0.397. The number of aldehydes is 1. The maximum Gasteiger partial charge on any atom is 0.151 e. The topological polar surface area (TPSA) is 80.9 Å². The number of pyridine rings is 1. The Labute approximate surface area is 164 Å². The normalized spacial score (nSPS) is 10.9. The number of fused-ring (bicyclic) bond motifs is 1. The van der Waals surface area contributed by atoms with Crippen LogP contribution in [0, 0.1) is 0 Å². The minimum Gasteiger partial charge on any atom is -0.396 e. The van der Waals surface area contributed by atoms with Crippen molar-refractivity contribution in [2.24, 2.45) is 0 Å². The molecule has 2 aromatic carbocycles. The maximum absolute atomic E-state index is 10.9. The Bertz CT molecular complexity index is 1140. The first-order valence-electron chi connectivity index (χ1n) is 8.21. The van der Waals surface area contributed by atoms with Crippen molar-refractivity contribution in [3.63, 3.8) is 0 Å². The van der Waals surface area contributed by atoms with Crippen LogP contribution in [-0.2, 0) is 6.54 Å². The molecule has 7 heteroatoms. The van der Waals surface area contributed by atoms with Crippen molar-refractivity contribution in [3.05, 3.63) is 70.2 Å². The number of nitrogens with two attached hydrogens (primary N) is 1. The molecule has 0 bridgehead atoms. The van der Waals surface area contributed by atoms with Gasteiger partial charge in [0.2, 0.25) is 0 Å². The van der Waals surface area contributed by atoms with Crippen molar-refractivity contribution in [1.82, 2.24) is 9.97 Å². The van der Waals surface area contributed by atoms with E-state index in [4.69, 9.17) is 17.3 Å². The van der Waals surface area contributed by atoms with Gasteiger partial charge in [-0.25, -0.2) is 9.97 Å². The van der Waals surface area contributed by atoms with Crippen LogP contribution in [0.5, 0.6) is 0 Å². The lowest BCUT2D eigenvalue weighted by atomic mass is 10.1. The number of nitrogens with one attached hydrogen (secondary N) is 1. The van der Waals surface area contributed by atoms with E-state index in [2.05, 4.69) is 21.4 Å². The number of carbonyl (C=O) groups is 1. The van der Waals surface area contributed by atoms with Gasteiger partial charge in [-0.15, -0.1) is 11.3 Å². The van der Waals surface area contributed by atoms with Gasteiger partial charge in [-0.3, -0.25) is 4.79 Å². The highest BCUT2D eigenvalue weighted by Gasteiger charge is 2.08. The number of hydrogen-bond donors (Lipinski definition) is 2. The largest absolute Gasteiger partial charge is 0.396 e. The van der Waals surface area contributed by atoms with Crippen molar-refractivity contribution in [1.29, 1.82) is 0 Å². The van der Waals surface area contributed by atoms with Crippen LogP contribution >= 0.6 is 22.9 Å². The Balaban J connectivity index is 1.58. The van der Waals surface area contributed by atoms with Crippen molar-refractivity contribution in [3.8, 4) is 11.3 Å². The van der Waals surface area contributed by atoms with E-state index in [9.17, 15) is 4.79 Å². The number of nitrogen functional groups attached to an aromatic ring is 1. The number of thiazole rings is 1. The highest BCUT2D eigenvalue weighted by Crippen LogP contribution is 2.27. The standard InChI is InChI=1S/C20H15ClN4OS/c21-15-8-13(2-3-14(15)10-26)17-6-4-16(22)20(25-17)23-9-12-1-5-18-19(7-12)27-11-24-18/h1-8,10-11H,9,22H2,(H,23,25). The van der Waals surface area contributed by atoms with E-state index in [-0.39, 0.29) is 0 Å². The molecule has 3 N–H and O–H groups in total. The molecule has 0 atom stereocenters. The summed E-state index contributed by atoms with van der Waals surface area (Å²) in [4.78, 5) is 19.8. The Morgan fingerprint density at radius 1 is 1.15 bits per heavy atom. The number of carbonyl (C=O) groups excluding carboxylic acids is 1. The summed E-state index contributed by atoms with van der Waals surface area (Å²) in [5.41, 5.74) is 12.6. The lowest BCUT2D eigenvalue weighted by Crippen LogP contribution is -2.05. The van der Waals surface area contributed by atoms with Crippen molar-refractivity contribution in [2.75, 3.05) is 11.1 Å². The zero-order valence-electron chi connectivity index (χ0n) is 14.1. The first-order chi connectivity index (χ1) is 13.1. The lowest BCUT2D eigenvalue weighted by Gasteiger charge is -2.11. The Morgan fingerprint density at radius 2 is 2.04 bits per heavy atom. The fourth-order valence-corrected chi connectivity index (χ4v) is 3.72. The quantitative estimate of drug-likeness (QED) is 0.464. The maximum atomic E-state index is 10.9. The van der Waals surface area contributed by atoms with Crippen LogP contribution < -0.4 is 11.1 Å². The molecule has 134 valence electrons. The molecule has 0 spiro atoms. The van der Waals surface area contributed by atoms with Gasteiger partial charge in [-0.1, -0.05) is 23.7 Å². The molecule has 4 rings (SSSR count). The first kappa shape index (κ1) is 17.5. The molecule has 0 aliphatic heterocycles. The number of rotatable bonds is 5. The predicted octanol–water partition coefficient (Wildman–Crippen LogP) is 5.02. The van der Waals surface area contributed by atoms with Crippen LogP contribution in [0.2, 0.25) is 5.02 Å². The van der Waals surface area contributed by atoms with Crippen LogP contribution in [0.25, 0.3) is 21.5 Å². The third-order valence-corrected chi connectivity index (χ3v) is 5.32. The van der Waals surface area contributed by atoms with Gasteiger partial charge in [0.25, 0.3) is 0 Å². The van der Waals surface area contributed by atoms with Crippen LogP contribution in [0.15, 0.2) is 54.0 Å². The fourth-order valence-electron chi connectivity index (χ4n) is 2.75. The summed E-state index contributed by atoms with van der Waals surface area (Å²) < 4.78 is 1.15. The number of anilines is 2. The zero-order valence-corrected chi connectivity index (χ0v) is 15.7. The number of benzene rings is 2.